The van der Waals surface area contributed by atoms with E-state index in [1.807, 2.05) is 28.2 Å². The standard InChI is InChI=1S/C7H19N2OP/c1-6-7-10-11(8(2)3)9(4)5/h6-7H2,1-5H3. The first-order valence-corrected chi connectivity index (χ1v) is 5.03. The SMILES string of the molecule is CCCOP(N(C)C)N(C)C. The molecule has 0 saturated heterocycles. The Morgan fingerprint density at radius 3 is 1.82 bits per heavy atom. The lowest BCUT2D eigenvalue weighted by atomic mass is 10.5. The molecular weight excluding hydrogens is 159 g/mol. The Morgan fingerprint density at radius 2 is 1.55 bits per heavy atom. The molecule has 0 heterocycles. The average molecular weight is 178 g/mol. The normalized spacial score (nSPS) is 12.0. The summed E-state index contributed by atoms with van der Waals surface area (Å²) >= 11 is 0. The van der Waals surface area contributed by atoms with Gasteiger partial charge in [0.25, 0.3) is 0 Å². The van der Waals surface area contributed by atoms with Crippen LogP contribution in [0.15, 0.2) is 0 Å². The second kappa shape index (κ2) is 5.90. The zero-order valence-electron chi connectivity index (χ0n) is 8.16. The van der Waals surface area contributed by atoms with E-state index in [-0.39, 0.29) is 0 Å². The van der Waals surface area contributed by atoms with Crippen molar-refractivity contribution in [3.05, 3.63) is 0 Å². The van der Waals surface area contributed by atoms with Gasteiger partial charge in [-0.2, -0.15) is 0 Å². The Balaban J connectivity index is 3.70. The van der Waals surface area contributed by atoms with Crippen LogP contribution in [0.2, 0.25) is 0 Å². The highest BCUT2D eigenvalue weighted by Gasteiger charge is 2.13. The summed E-state index contributed by atoms with van der Waals surface area (Å²) in [5, 5.41) is 0. The van der Waals surface area contributed by atoms with Crippen LogP contribution in [0.25, 0.3) is 0 Å². The molecule has 0 atom stereocenters. The topological polar surface area (TPSA) is 15.7 Å². The Kier molecular flexibility index (Phi) is 6.06. The summed E-state index contributed by atoms with van der Waals surface area (Å²) in [6.07, 6.45) is 1.08. The average Bonchev–Trinajstić information content (AvgIpc) is 1.87. The maximum absolute atomic E-state index is 5.63. The van der Waals surface area contributed by atoms with Crippen LogP contribution in [0, 0.1) is 0 Å². The van der Waals surface area contributed by atoms with Crippen molar-refractivity contribution in [3.8, 4) is 0 Å². The maximum atomic E-state index is 5.63. The van der Waals surface area contributed by atoms with Gasteiger partial charge >= 0.3 is 0 Å². The fourth-order valence-electron chi connectivity index (χ4n) is 0.762. The van der Waals surface area contributed by atoms with E-state index in [0.29, 0.717) is 0 Å². The number of hydrogen-bond acceptors (Lipinski definition) is 3. The molecule has 0 aliphatic carbocycles. The van der Waals surface area contributed by atoms with E-state index in [0.717, 1.165) is 13.0 Å². The molecule has 0 fully saturated rings. The van der Waals surface area contributed by atoms with Crippen LogP contribution < -0.4 is 0 Å². The summed E-state index contributed by atoms with van der Waals surface area (Å²) in [7, 11) is 7.65. The summed E-state index contributed by atoms with van der Waals surface area (Å²) in [5.74, 6) is 0. The first-order valence-electron chi connectivity index (χ1n) is 3.87. The van der Waals surface area contributed by atoms with E-state index in [4.69, 9.17) is 4.52 Å². The Bertz CT molecular complexity index is 90.4. The van der Waals surface area contributed by atoms with Crippen LogP contribution in [0.4, 0.5) is 0 Å². The largest absolute Gasteiger partial charge is 0.331 e. The van der Waals surface area contributed by atoms with Gasteiger partial charge in [-0.3, -0.25) is 9.34 Å². The van der Waals surface area contributed by atoms with Crippen molar-refractivity contribution in [1.29, 1.82) is 0 Å². The summed E-state index contributed by atoms with van der Waals surface area (Å²) < 4.78 is 9.86. The van der Waals surface area contributed by atoms with Gasteiger partial charge in [0.1, 0.15) is 0 Å². The fraction of sp³-hybridized carbons (Fsp3) is 1.00. The summed E-state index contributed by atoms with van der Waals surface area (Å²) in [4.78, 5) is 0. The summed E-state index contributed by atoms with van der Waals surface area (Å²) in [6.45, 7) is 2.97. The van der Waals surface area contributed by atoms with Gasteiger partial charge in [0, 0.05) is 0 Å². The minimum Gasteiger partial charge on any atom is -0.331 e. The molecule has 0 aliphatic heterocycles. The predicted octanol–water partition coefficient (Wildman–Crippen LogP) is 1.76. The Hall–Kier alpha value is 0.310. The van der Waals surface area contributed by atoms with Crippen LogP contribution in [-0.2, 0) is 4.52 Å². The Labute approximate surface area is 71.3 Å². The smallest absolute Gasteiger partial charge is 0.186 e. The second-order valence-electron chi connectivity index (χ2n) is 2.78. The van der Waals surface area contributed by atoms with E-state index in [2.05, 4.69) is 16.3 Å². The van der Waals surface area contributed by atoms with Gasteiger partial charge < -0.3 is 4.52 Å². The first kappa shape index (κ1) is 11.3. The van der Waals surface area contributed by atoms with Gasteiger partial charge in [-0.05, 0) is 34.6 Å². The van der Waals surface area contributed by atoms with Crippen molar-refractivity contribution in [2.24, 2.45) is 0 Å². The highest BCUT2D eigenvalue weighted by molar-refractivity contribution is 7.47. The van der Waals surface area contributed by atoms with Crippen LogP contribution in [0.5, 0.6) is 0 Å². The van der Waals surface area contributed by atoms with Crippen molar-refractivity contribution in [2.75, 3.05) is 34.8 Å². The third-order valence-electron chi connectivity index (χ3n) is 1.10. The third-order valence-corrected chi connectivity index (χ3v) is 2.88. The van der Waals surface area contributed by atoms with Crippen molar-refractivity contribution >= 4 is 8.45 Å². The third kappa shape index (κ3) is 4.70. The summed E-state index contributed by atoms with van der Waals surface area (Å²) in [6, 6.07) is 0. The van der Waals surface area contributed by atoms with Gasteiger partial charge in [-0.15, -0.1) is 0 Å². The first-order chi connectivity index (χ1) is 5.09. The fourth-order valence-corrected chi connectivity index (χ4v) is 2.28. The molecule has 68 valence electrons. The molecular formula is C7H19N2OP. The van der Waals surface area contributed by atoms with Crippen molar-refractivity contribution in [2.45, 2.75) is 13.3 Å². The van der Waals surface area contributed by atoms with Gasteiger partial charge in [0.15, 0.2) is 8.45 Å². The predicted molar refractivity (Wildman–Crippen MR) is 50.5 cm³/mol. The highest BCUT2D eigenvalue weighted by atomic mass is 31.2. The number of hydrogen-bond donors (Lipinski definition) is 0. The molecule has 0 radical (unpaired) electrons. The lowest BCUT2D eigenvalue weighted by Gasteiger charge is -2.28. The molecule has 0 aromatic heterocycles. The zero-order chi connectivity index (χ0) is 8.85. The molecule has 11 heavy (non-hydrogen) atoms. The van der Waals surface area contributed by atoms with Crippen LogP contribution >= 0.6 is 8.45 Å². The molecule has 0 N–H and O–H groups in total. The monoisotopic (exact) mass is 178 g/mol. The number of nitrogens with zero attached hydrogens (tertiary/aromatic N) is 2. The van der Waals surface area contributed by atoms with Gasteiger partial charge in [0.05, 0.1) is 6.61 Å². The molecule has 3 nitrogen and oxygen atoms in total. The van der Waals surface area contributed by atoms with E-state index < -0.39 is 8.45 Å². The molecule has 0 amide bonds. The van der Waals surface area contributed by atoms with Crippen molar-refractivity contribution in [3.63, 3.8) is 0 Å². The molecule has 0 saturated carbocycles. The molecule has 0 unspecified atom stereocenters. The van der Waals surface area contributed by atoms with Crippen LogP contribution in [0.3, 0.4) is 0 Å². The minimum absolute atomic E-state index is 0.518. The van der Waals surface area contributed by atoms with Crippen LogP contribution in [-0.4, -0.2) is 44.1 Å². The molecule has 0 spiro atoms. The quantitative estimate of drug-likeness (QED) is 0.597. The lowest BCUT2D eigenvalue weighted by molar-refractivity contribution is 0.297. The summed E-state index contributed by atoms with van der Waals surface area (Å²) in [5.41, 5.74) is 0. The molecule has 4 heteroatoms. The molecule has 0 bridgehead atoms. The second-order valence-corrected chi connectivity index (χ2v) is 5.14. The molecule has 0 aromatic rings. The molecule has 0 rings (SSSR count). The van der Waals surface area contributed by atoms with Crippen molar-refractivity contribution in [1.82, 2.24) is 9.34 Å². The van der Waals surface area contributed by atoms with Gasteiger partial charge in [-0.1, -0.05) is 6.92 Å². The zero-order valence-corrected chi connectivity index (χ0v) is 9.06. The van der Waals surface area contributed by atoms with E-state index in [1.54, 1.807) is 0 Å². The van der Waals surface area contributed by atoms with E-state index in [1.165, 1.54) is 0 Å². The van der Waals surface area contributed by atoms with E-state index in [9.17, 15) is 0 Å². The minimum atomic E-state index is -0.518. The van der Waals surface area contributed by atoms with Crippen molar-refractivity contribution < 1.29 is 4.52 Å². The van der Waals surface area contributed by atoms with Gasteiger partial charge in [-0.25, -0.2) is 0 Å². The van der Waals surface area contributed by atoms with Gasteiger partial charge in [0.2, 0.25) is 0 Å². The number of rotatable bonds is 5. The highest BCUT2D eigenvalue weighted by Crippen LogP contribution is 2.40. The lowest BCUT2D eigenvalue weighted by Crippen LogP contribution is -2.18. The van der Waals surface area contributed by atoms with Crippen LogP contribution in [0.1, 0.15) is 13.3 Å². The molecule has 0 aliphatic rings. The van der Waals surface area contributed by atoms with E-state index >= 15 is 0 Å². The molecule has 0 aromatic carbocycles. The Morgan fingerprint density at radius 1 is 1.09 bits per heavy atom. The maximum Gasteiger partial charge on any atom is 0.186 e.